The van der Waals surface area contributed by atoms with E-state index in [1.807, 2.05) is 26.0 Å². The van der Waals surface area contributed by atoms with Crippen molar-refractivity contribution < 1.29 is 35.0 Å². The minimum atomic E-state index is -1.50. The molecule has 0 radical (unpaired) electrons. The van der Waals surface area contributed by atoms with Gasteiger partial charge in [-0.25, -0.2) is 0 Å². The van der Waals surface area contributed by atoms with Gasteiger partial charge in [-0.3, -0.25) is 0 Å². The molecule has 0 saturated carbocycles. The maximum atomic E-state index is 10.3. The van der Waals surface area contributed by atoms with Crippen LogP contribution in [0.1, 0.15) is 27.8 Å². The lowest BCUT2D eigenvalue weighted by atomic mass is 9.79. The van der Waals surface area contributed by atoms with E-state index in [0.717, 1.165) is 51.8 Å². The highest BCUT2D eigenvalue weighted by molar-refractivity contribution is 5.85. The van der Waals surface area contributed by atoms with Crippen LogP contribution in [0.5, 0.6) is 11.5 Å². The van der Waals surface area contributed by atoms with E-state index in [-0.39, 0.29) is 5.75 Å². The first-order valence-electron chi connectivity index (χ1n) is 10.4. The van der Waals surface area contributed by atoms with Crippen molar-refractivity contribution in [3.63, 3.8) is 0 Å². The molecule has 7 heteroatoms. The molecule has 5 atom stereocenters. The van der Waals surface area contributed by atoms with Crippen LogP contribution in [-0.4, -0.2) is 62.8 Å². The fourth-order valence-corrected chi connectivity index (χ4v) is 4.58. The number of hydrogen-bond acceptors (Lipinski definition) is 7. The first kappa shape index (κ1) is 21.8. The average molecular weight is 428 g/mol. The van der Waals surface area contributed by atoms with Crippen molar-refractivity contribution in [1.29, 1.82) is 0 Å². The Morgan fingerprint density at radius 1 is 1.10 bits per heavy atom. The molecule has 5 N–H and O–H groups in total. The number of aliphatic hydroxyl groups is 4. The number of benzene rings is 2. The second kappa shape index (κ2) is 8.26. The van der Waals surface area contributed by atoms with Crippen LogP contribution in [0.2, 0.25) is 0 Å². The Bertz CT molecular complexity index is 1010. The number of aromatic hydroxyl groups is 1. The van der Waals surface area contributed by atoms with Gasteiger partial charge in [0.15, 0.2) is 0 Å². The van der Waals surface area contributed by atoms with Crippen LogP contribution in [0, 0.1) is 13.8 Å². The van der Waals surface area contributed by atoms with Crippen molar-refractivity contribution in [2.75, 3.05) is 6.61 Å². The molecule has 1 aliphatic heterocycles. The van der Waals surface area contributed by atoms with E-state index in [2.05, 4.69) is 6.58 Å². The summed E-state index contributed by atoms with van der Waals surface area (Å²) in [7, 11) is 0. The molecule has 1 heterocycles. The van der Waals surface area contributed by atoms with Crippen molar-refractivity contribution >= 4 is 6.08 Å². The third-order valence-electron chi connectivity index (χ3n) is 6.45. The molecule has 2 aliphatic rings. The smallest absolute Gasteiger partial charge is 0.229 e. The summed E-state index contributed by atoms with van der Waals surface area (Å²) in [6, 6.07) is 5.51. The predicted octanol–water partition coefficient (Wildman–Crippen LogP) is 1.60. The minimum absolute atomic E-state index is 0.279. The summed E-state index contributed by atoms with van der Waals surface area (Å²) in [6.45, 7) is 7.24. The molecule has 0 amide bonds. The van der Waals surface area contributed by atoms with Gasteiger partial charge in [0.1, 0.15) is 35.9 Å². The zero-order valence-electron chi connectivity index (χ0n) is 17.6. The van der Waals surface area contributed by atoms with Crippen molar-refractivity contribution in [2.45, 2.75) is 57.4 Å². The zero-order valence-corrected chi connectivity index (χ0v) is 17.6. The third kappa shape index (κ3) is 3.52. The molecule has 166 valence electrons. The van der Waals surface area contributed by atoms with Crippen molar-refractivity contribution in [3.8, 4) is 22.6 Å². The number of aryl methyl sites for hydroxylation is 1. The molecular formula is C24H28O7. The van der Waals surface area contributed by atoms with Crippen LogP contribution in [0.4, 0.5) is 0 Å². The van der Waals surface area contributed by atoms with Crippen LogP contribution in [-0.2, 0) is 17.6 Å². The highest BCUT2D eigenvalue weighted by Gasteiger charge is 2.45. The molecule has 31 heavy (non-hydrogen) atoms. The number of rotatable bonds is 4. The molecule has 1 saturated heterocycles. The lowest BCUT2D eigenvalue weighted by molar-refractivity contribution is -0.277. The molecule has 0 spiro atoms. The summed E-state index contributed by atoms with van der Waals surface area (Å²) in [4.78, 5) is 0. The number of fused-ring (bicyclic) bond motifs is 3. The summed E-state index contributed by atoms with van der Waals surface area (Å²) in [6.07, 6.45) is -3.46. The molecule has 1 fully saturated rings. The van der Waals surface area contributed by atoms with Gasteiger partial charge in [0.25, 0.3) is 0 Å². The number of hydrogen-bond donors (Lipinski definition) is 5. The summed E-state index contributed by atoms with van der Waals surface area (Å²) >= 11 is 0. The van der Waals surface area contributed by atoms with Crippen molar-refractivity contribution in [1.82, 2.24) is 0 Å². The number of aliphatic hydroxyl groups excluding tert-OH is 4. The van der Waals surface area contributed by atoms with Crippen molar-refractivity contribution in [2.24, 2.45) is 0 Å². The summed E-state index contributed by atoms with van der Waals surface area (Å²) in [5.74, 6) is 0.749. The van der Waals surface area contributed by atoms with Gasteiger partial charge in [-0.2, -0.15) is 0 Å². The normalized spacial score (nSPS) is 27.4. The van der Waals surface area contributed by atoms with E-state index in [0.29, 0.717) is 5.75 Å². The van der Waals surface area contributed by atoms with Gasteiger partial charge < -0.3 is 35.0 Å². The Morgan fingerprint density at radius 2 is 1.84 bits per heavy atom. The largest absolute Gasteiger partial charge is 0.508 e. The van der Waals surface area contributed by atoms with Gasteiger partial charge >= 0.3 is 0 Å². The fraction of sp³-hybridized carbons (Fsp3) is 0.417. The molecular weight excluding hydrogens is 400 g/mol. The molecule has 4 rings (SSSR count). The van der Waals surface area contributed by atoms with Crippen LogP contribution in [0.15, 0.2) is 24.8 Å². The Balaban J connectivity index is 1.75. The fourth-order valence-electron chi connectivity index (χ4n) is 4.58. The van der Waals surface area contributed by atoms with Gasteiger partial charge in [0, 0.05) is 0 Å². The highest BCUT2D eigenvalue weighted by atomic mass is 16.7. The van der Waals surface area contributed by atoms with Gasteiger partial charge in [0.2, 0.25) is 6.29 Å². The van der Waals surface area contributed by atoms with E-state index in [1.165, 1.54) is 0 Å². The standard InChI is InChI=1S/C24H28O7/c1-4-14-12(3)18(30-24-23(29)22(28)21(27)19(10-25)31-24)9-13-5-6-15-11(2)17(26)8-7-16(15)20(13)14/h4,7-9,19,21-29H,1,5-6,10H2,2-3H3. The number of ether oxygens (including phenoxy) is 2. The lowest BCUT2D eigenvalue weighted by Gasteiger charge is -2.40. The van der Waals surface area contributed by atoms with E-state index in [4.69, 9.17) is 9.47 Å². The van der Waals surface area contributed by atoms with Gasteiger partial charge in [0.05, 0.1) is 6.61 Å². The van der Waals surface area contributed by atoms with Crippen LogP contribution in [0.3, 0.4) is 0 Å². The second-order valence-corrected chi connectivity index (χ2v) is 8.20. The molecule has 1 aliphatic carbocycles. The number of phenolic OH excluding ortho intramolecular Hbond substituents is 1. The molecule has 7 nitrogen and oxygen atoms in total. The average Bonchev–Trinajstić information content (AvgIpc) is 2.77. The highest BCUT2D eigenvalue weighted by Crippen LogP contribution is 2.44. The second-order valence-electron chi connectivity index (χ2n) is 8.20. The number of phenols is 1. The van der Waals surface area contributed by atoms with E-state index in [1.54, 1.807) is 12.1 Å². The molecule has 2 aromatic rings. The quantitative estimate of drug-likeness (QED) is 0.502. The van der Waals surface area contributed by atoms with Gasteiger partial charge in [-0.1, -0.05) is 18.7 Å². The topological polar surface area (TPSA) is 120 Å². The maximum absolute atomic E-state index is 10.3. The van der Waals surface area contributed by atoms with E-state index in [9.17, 15) is 25.5 Å². The molecule has 5 unspecified atom stereocenters. The SMILES string of the molecule is C=Cc1c(C)c(OC2OC(CO)C(O)C(O)C2O)cc2c1-c1ccc(O)c(C)c1CC2. The Morgan fingerprint density at radius 3 is 2.52 bits per heavy atom. The van der Waals surface area contributed by atoms with E-state index < -0.39 is 37.3 Å². The Kier molecular flexibility index (Phi) is 5.81. The first-order valence-corrected chi connectivity index (χ1v) is 10.4. The van der Waals surface area contributed by atoms with Crippen molar-refractivity contribution in [3.05, 3.63) is 52.6 Å². The van der Waals surface area contributed by atoms with Crippen LogP contribution in [0.25, 0.3) is 17.2 Å². The first-order chi connectivity index (χ1) is 14.8. The maximum Gasteiger partial charge on any atom is 0.229 e. The molecule has 0 aromatic heterocycles. The zero-order chi connectivity index (χ0) is 22.4. The third-order valence-corrected chi connectivity index (χ3v) is 6.45. The van der Waals surface area contributed by atoms with Crippen LogP contribution < -0.4 is 4.74 Å². The van der Waals surface area contributed by atoms with E-state index >= 15 is 0 Å². The monoisotopic (exact) mass is 428 g/mol. The summed E-state index contributed by atoms with van der Waals surface area (Å²) < 4.78 is 11.5. The Labute approximate surface area is 180 Å². The van der Waals surface area contributed by atoms with Crippen LogP contribution >= 0.6 is 0 Å². The lowest BCUT2D eigenvalue weighted by Crippen LogP contribution is -2.60. The van der Waals surface area contributed by atoms with Gasteiger partial charge in [-0.05, 0) is 77.8 Å². The van der Waals surface area contributed by atoms with Gasteiger partial charge in [-0.15, -0.1) is 0 Å². The Hall–Kier alpha value is -2.42. The minimum Gasteiger partial charge on any atom is -0.508 e. The molecule has 2 aromatic carbocycles. The summed E-state index contributed by atoms with van der Waals surface area (Å²) in [5, 5.41) is 49.9. The predicted molar refractivity (Wildman–Crippen MR) is 115 cm³/mol. The summed E-state index contributed by atoms with van der Waals surface area (Å²) in [5.41, 5.74) is 6.77. The molecule has 0 bridgehead atoms.